The minimum atomic E-state index is -1.91. The van der Waals surface area contributed by atoms with Crippen LogP contribution in [0.4, 0.5) is 0 Å². The van der Waals surface area contributed by atoms with Gasteiger partial charge < -0.3 is 74.1 Å². The van der Waals surface area contributed by atoms with E-state index < -0.39 is 90.7 Å². The van der Waals surface area contributed by atoms with Gasteiger partial charge in [-0.3, -0.25) is 4.79 Å². The summed E-state index contributed by atoms with van der Waals surface area (Å²) in [6.07, 6.45) is -15.9. The molecular formula is C28H32O16. The third kappa shape index (κ3) is 5.63. The molecule has 16 heteroatoms. The molecule has 2 saturated heterocycles. The standard InChI is InChI=1S/C28H32O16/c1-9-18(32)21(35)23(37)27(40-9)42-14-5-10(3-4-12(14)30)25-26(44-28-24(38)22(36)19(33)16(8-29)43-28)20(34)17-13(31)6-11(39-2)7-15(17)41-25/h3-7,9,16,18-19,21-24,27-33,35-38H,8H2,1-2H3/t9-,16+,18-,19-,21+,22-,23+,24+,27-,28-/m0/s1. The van der Waals surface area contributed by atoms with Gasteiger partial charge in [-0.25, -0.2) is 0 Å². The van der Waals surface area contributed by atoms with Gasteiger partial charge in [0.15, 0.2) is 17.3 Å². The first-order valence-corrected chi connectivity index (χ1v) is 13.4. The largest absolute Gasteiger partial charge is 0.507 e. The lowest BCUT2D eigenvalue weighted by atomic mass is 9.99. The number of hydrogen-bond acceptors (Lipinski definition) is 16. The fourth-order valence-corrected chi connectivity index (χ4v) is 4.94. The highest BCUT2D eigenvalue weighted by Gasteiger charge is 2.46. The molecule has 0 unspecified atom stereocenters. The lowest BCUT2D eigenvalue weighted by Gasteiger charge is -2.39. The molecule has 1 aromatic heterocycles. The highest BCUT2D eigenvalue weighted by Crippen LogP contribution is 2.40. The molecule has 0 radical (unpaired) electrons. The molecule has 5 rings (SSSR count). The van der Waals surface area contributed by atoms with Crippen LogP contribution in [0.15, 0.2) is 39.5 Å². The van der Waals surface area contributed by atoms with E-state index >= 15 is 0 Å². The first kappa shape index (κ1) is 31.7. The van der Waals surface area contributed by atoms with Crippen molar-refractivity contribution < 1.29 is 74.1 Å². The lowest BCUT2D eigenvalue weighted by Crippen LogP contribution is -2.60. The number of phenols is 2. The molecule has 0 aliphatic carbocycles. The summed E-state index contributed by atoms with van der Waals surface area (Å²) in [5.41, 5.74) is -1.14. The highest BCUT2D eigenvalue weighted by atomic mass is 16.7. The highest BCUT2D eigenvalue weighted by molar-refractivity contribution is 5.88. The second kappa shape index (κ2) is 12.4. The minimum Gasteiger partial charge on any atom is -0.507 e. The number of rotatable bonds is 7. The van der Waals surface area contributed by atoms with Gasteiger partial charge in [-0.1, -0.05) is 0 Å². The zero-order valence-electron chi connectivity index (χ0n) is 23.3. The van der Waals surface area contributed by atoms with E-state index in [0.717, 1.165) is 18.2 Å². The van der Waals surface area contributed by atoms with Crippen LogP contribution in [0.25, 0.3) is 22.3 Å². The van der Waals surface area contributed by atoms with Crippen LogP contribution in [-0.4, -0.2) is 121 Å². The molecule has 16 nitrogen and oxygen atoms in total. The molecule has 2 fully saturated rings. The summed E-state index contributed by atoms with van der Waals surface area (Å²) in [6, 6.07) is 6.03. The van der Waals surface area contributed by atoms with Crippen LogP contribution >= 0.6 is 0 Å². The Labute approximate surface area is 248 Å². The maximum atomic E-state index is 13.8. The van der Waals surface area contributed by atoms with E-state index in [1.54, 1.807) is 0 Å². The van der Waals surface area contributed by atoms with Gasteiger partial charge in [-0.05, 0) is 25.1 Å². The maximum absolute atomic E-state index is 13.8. The first-order valence-electron chi connectivity index (χ1n) is 13.4. The van der Waals surface area contributed by atoms with E-state index in [2.05, 4.69) is 0 Å². The Bertz CT molecular complexity index is 1550. The smallest absolute Gasteiger partial charge is 0.239 e. The van der Waals surface area contributed by atoms with Crippen molar-refractivity contribution >= 4 is 11.0 Å². The predicted molar refractivity (Wildman–Crippen MR) is 145 cm³/mol. The summed E-state index contributed by atoms with van der Waals surface area (Å²) in [5, 5.41) is 91.8. The van der Waals surface area contributed by atoms with Crippen LogP contribution in [0.5, 0.6) is 28.7 Å². The zero-order valence-corrected chi connectivity index (χ0v) is 23.3. The van der Waals surface area contributed by atoms with Crippen molar-refractivity contribution in [3.8, 4) is 40.1 Å². The number of ether oxygens (including phenoxy) is 5. The van der Waals surface area contributed by atoms with Crippen LogP contribution in [0.2, 0.25) is 0 Å². The number of hydrogen-bond donors (Lipinski definition) is 9. The van der Waals surface area contributed by atoms with Gasteiger partial charge in [0.2, 0.25) is 23.8 Å². The Hall–Kier alpha value is -3.71. The summed E-state index contributed by atoms with van der Waals surface area (Å²) >= 11 is 0. The van der Waals surface area contributed by atoms with Crippen molar-refractivity contribution in [1.29, 1.82) is 0 Å². The molecule has 0 bridgehead atoms. The van der Waals surface area contributed by atoms with E-state index in [1.165, 1.54) is 26.2 Å². The van der Waals surface area contributed by atoms with Crippen LogP contribution in [-0.2, 0) is 9.47 Å². The van der Waals surface area contributed by atoms with Crippen LogP contribution in [0.1, 0.15) is 6.92 Å². The summed E-state index contributed by atoms with van der Waals surface area (Å²) in [7, 11) is 1.32. The molecule has 3 aromatic rings. The van der Waals surface area contributed by atoms with Gasteiger partial charge in [0, 0.05) is 17.7 Å². The van der Waals surface area contributed by atoms with Gasteiger partial charge in [0.1, 0.15) is 65.2 Å². The third-order valence-corrected chi connectivity index (χ3v) is 7.50. The Balaban J connectivity index is 1.62. The fraction of sp³-hybridized carbons (Fsp3) is 0.464. The molecule has 240 valence electrons. The van der Waals surface area contributed by atoms with Crippen molar-refractivity contribution in [2.24, 2.45) is 0 Å². The number of fused-ring (bicyclic) bond motifs is 1. The molecule has 0 saturated carbocycles. The average molecular weight is 625 g/mol. The minimum absolute atomic E-state index is 0.00219. The van der Waals surface area contributed by atoms with Crippen LogP contribution in [0, 0.1) is 0 Å². The SMILES string of the molecule is COc1cc(O)c2c(=O)c(O[C@@H]3O[C@H](CO)[C@H](O)[C@H](O)[C@H]3O)c(-c3ccc(O)c(O[C@@H]4O[C@@H](C)[C@H](O)[C@@H](O)[C@H]4O)c3)oc2c1. The normalized spacial score (nSPS) is 32.4. The number of benzene rings is 2. The fourth-order valence-electron chi connectivity index (χ4n) is 4.94. The second-order valence-electron chi connectivity index (χ2n) is 10.4. The molecular weight excluding hydrogens is 592 g/mol. The van der Waals surface area contributed by atoms with Gasteiger partial charge in [0.05, 0.1) is 19.8 Å². The molecule has 2 aliphatic heterocycles. The van der Waals surface area contributed by atoms with Gasteiger partial charge in [-0.2, -0.15) is 0 Å². The Morgan fingerprint density at radius 1 is 0.795 bits per heavy atom. The average Bonchev–Trinajstić information content (AvgIpc) is 3.00. The van der Waals surface area contributed by atoms with Crippen molar-refractivity contribution in [3.63, 3.8) is 0 Å². The molecule has 9 N–H and O–H groups in total. The lowest BCUT2D eigenvalue weighted by molar-refractivity contribution is -0.277. The van der Waals surface area contributed by atoms with Crippen LogP contribution in [0.3, 0.4) is 0 Å². The molecule has 2 aliphatic rings. The Morgan fingerprint density at radius 3 is 2.11 bits per heavy atom. The van der Waals surface area contributed by atoms with E-state index in [9.17, 15) is 50.8 Å². The van der Waals surface area contributed by atoms with Crippen molar-refractivity contribution in [2.45, 2.75) is 68.3 Å². The molecule has 0 spiro atoms. The first-order chi connectivity index (χ1) is 20.9. The molecule has 44 heavy (non-hydrogen) atoms. The Kier molecular flexibility index (Phi) is 8.90. The van der Waals surface area contributed by atoms with E-state index in [-0.39, 0.29) is 33.8 Å². The molecule has 0 amide bonds. The number of phenolic OH excluding ortho intramolecular Hbond substituents is 2. The van der Waals surface area contributed by atoms with Crippen LogP contribution < -0.4 is 19.6 Å². The predicted octanol–water partition coefficient (Wildman–Crippen LogP) is -1.74. The topological polar surface area (TPSA) is 258 Å². The zero-order chi connectivity index (χ0) is 32.0. The van der Waals surface area contributed by atoms with Gasteiger partial charge in [-0.15, -0.1) is 0 Å². The molecule has 2 aromatic carbocycles. The second-order valence-corrected chi connectivity index (χ2v) is 10.4. The monoisotopic (exact) mass is 624 g/mol. The molecule has 10 atom stereocenters. The maximum Gasteiger partial charge on any atom is 0.239 e. The van der Waals surface area contributed by atoms with Crippen molar-refractivity contribution in [3.05, 3.63) is 40.6 Å². The Morgan fingerprint density at radius 2 is 1.45 bits per heavy atom. The summed E-state index contributed by atoms with van der Waals surface area (Å²) in [6.45, 7) is 0.658. The van der Waals surface area contributed by atoms with Gasteiger partial charge >= 0.3 is 0 Å². The van der Waals surface area contributed by atoms with Crippen molar-refractivity contribution in [2.75, 3.05) is 13.7 Å². The summed E-state index contributed by atoms with van der Waals surface area (Å²) < 4.78 is 33.3. The third-order valence-electron chi connectivity index (χ3n) is 7.50. The summed E-state index contributed by atoms with van der Waals surface area (Å²) in [4.78, 5) is 13.8. The van der Waals surface area contributed by atoms with Gasteiger partial charge in [0.25, 0.3) is 0 Å². The number of aliphatic hydroxyl groups is 7. The van der Waals surface area contributed by atoms with E-state index in [4.69, 9.17) is 28.1 Å². The number of aliphatic hydroxyl groups excluding tert-OH is 7. The van der Waals surface area contributed by atoms with E-state index in [0.29, 0.717) is 0 Å². The number of aromatic hydroxyl groups is 2. The molecule has 3 heterocycles. The number of methoxy groups -OCH3 is 1. The van der Waals surface area contributed by atoms with E-state index in [1.807, 2.05) is 0 Å². The van der Waals surface area contributed by atoms with Crippen molar-refractivity contribution in [1.82, 2.24) is 0 Å². The quantitative estimate of drug-likeness (QED) is 0.141. The summed E-state index contributed by atoms with van der Waals surface area (Å²) in [5.74, 6) is -2.22.